The first kappa shape index (κ1) is 14.8. The number of hydrogen-bond acceptors (Lipinski definition) is 3. The molecule has 2 aromatic rings. The summed E-state index contributed by atoms with van der Waals surface area (Å²) in [5.41, 5.74) is 3.07. The average Bonchev–Trinajstić information content (AvgIpc) is 2.41. The van der Waals surface area contributed by atoms with Gasteiger partial charge in [-0.05, 0) is 44.4 Å². The van der Waals surface area contributed by atoms with Crippen molar-refractivity contribution in [2.75, 3.05) is 0 Å². The Morgan fingerprint density at radius 3 is 2.55 bits per heavy atom. The highest BCUT2D eigenvalue weighted by Gasteiger charge is 2.12. The molecule has 0 aliphatic heterocycles. The molecule has 0 saturated carbocycles. The fourth-order valence-electron chi connectivity index (χ4n) is 1.89. The van der Waals surface area contributed by atoms with Crippen molar-refractivity contribution in [2.45, 2.75) is 40.5 Å². The zero-order valence-electron chi connectivity index (χ0n) is 12.3. The molecule has 0 saturated heterocycles. The summed E-state index contributed by atoms with van der Waals surface area (Å²) in [5.74, 6) is 2.08. The summed E-state index contributed by atoms with van der Waals surface area (Å²) in [7, 11) is 0. The van der Waals surface area contributed by atoms with Gasteiger partial charge in [0.1, 0.15) is 16.7 Å². The van der Waals surface area contributed by atoms with Crippen LogP contribution in [0.2, 0.25) is 5.15 Å². The van der Waals surface area contributed by atoms with E-state index in [9.17, 15) is 0 Å². The van der Waals surface area contributed by atoms with Crippen molar-refractivity contribution < 1.29 is 4.74 Å². The third kappa shape index (κ3) is 3.10. The van der Waals surface area contributed by atoms with Gasteiger partial charge in [-0.1, -0.05) is 30.7 Å². The predicted molar refractivity (Wildman–Crippen MR) is 81.8 cm³/mol. The predicted octanol–water partition coefficient (Wildman–Crippen LogP) is 4.80. The van der Waals surface area contributed by atoms with E-state index in [1.165, 1.54) is 5.56 Å². The fourth-order valence-corrected chi connectivity index (χ4v) is 2.06. The highest BCUT2D eigenvalue weighted by atomic mass is 35.5. The van der Waals surface area contributed by atoms with Gasteiger partial charge < -0.3 is 4.74 Å². The zero-order valence-corrected chi connectivity index (χ0v) is 13.1. The molecule has 1 heterocycles. The van der Waals surface area contributed by atoms with Crippen LogP contribution in [-0.4, -0.2) is 9.97 Å². The molecule has 0 atom stereocenters. The fraction of sp³-hybridized carbons (Fsp3) is 0.375. The third-order valence-electron chi connectivity index (χ3n) is 3.32. The van der Waals surface area contributed by atoms with Gasteiger partial charge in [-0.2, -0.15) is 4.98 Å². The summed E-state index contributed by atoms with van der Waals surface area (Å²) in [6.45, 7) is 8.06. The van der Waals surface area contributed by atoms with E-state index >= 15 is 0 Å². The van der Waals surface area contributed by atoms with E-state index < -0.39 is 0 Å². The maximum atomic E-state index is 6.16. The topological polar surface area (TPSA) is 35.0 Å². The molecule has 1 aromatic heterocycles. The quantitative estimate of drug-likeness (QED) is 0.759. The lowest BCUT2D eigenvalue weighted by Crippen LogP contribution is -2.01. The maximum Gasteiger partial charge on any atom is 0.227 e. The van der Waals surface area contributed by atoms with E-state index in [1.807, 2.05) is 26.0 Å². The molecule has 0 bridgehead atoms. The van der Waals surface area contributed by atoms with Crippen LogP contribution in [0.5, 0.6) is 11.6 Å². The maximum absolute atomic E-state index is 6.16. The minimum atomic E-state index is 0.462. The largest absolute Gasteiger partial charge is 0.438 e. The Morgan fingerprint density at radius 2 is 1.85 bits per heavy atom. The second-order valence-electron chi connectivity index (χ2n) is 4.91. The average molecular weight is 291 g/mol. The number of halogens is 1. The molecule has 0 amide bonds. The lowest BCUT2D eigenvalue weighted by Gasteiger charge is -2.13. The Kier molecular flexibility index (Phi) is 4.61. The molecular weight excluding hydrogens is 272 g/mol. The van der Waals surface area contributed by atoms with Crippen molar-refractivity contribution in [3.05, 3.63) is 45.9 Å². The van der Waals surface area contributed by atoms with Crippen molar-refractivity contribution in [1.29, 1.82) is 0 Å². The standard InChI is InChI=1S/C16H19ClN2O/c1-5-7-14-18-15(17)12(4)16(19-14)20-13-9-6-8-10(2)11(13)3/h6,8-9H,5,7H2,1-4H3. The number of nitrogens with zero attached hydrogens (tertiary/aromatic N) is 2. The summed E-state index contributed by atoms with van der Waals surface area (Å²) in [4.78, 5) is 8.75. The van der Waals surface area contributed by atoms with E-state index in [0.717, 1.165) is 35.5 Å². The Hall–Kier alpha value is -1.61. The summed E-state index contributed by atoms with van der Waals surface area (Å²) in [6, 6.07) is 5.98. The molecule has 106 valence electrons. The van der Waals surface area contributed by atoms with Crippen LogP contribution in [0.3, 0.4) is 0 Å². The first-order valence-corrected chi connectivity index (χ1v) is 7.17. The van der Waals surface area contributed by atoms with Crippen molar-refractivity contribution >= 4 is 11.6 Å². The summed E-state index contributed by atoms with van der Waals surface area (Å²) >= 11 is 6.16. The summed E-state index contributed by atoms with van der Waals surface area (Å²) in [5, 5.41) is 0.462. The normalized spacial score (nSPS) is 10.7. The van der Waals surface area contributed by atoms with Gasteiger partial charge in [0.05, 0.1) is 0 Å². The second kappa shape index (κ2) is 6.23. The molecule has 0 aliphatic carbocycles. The zero-order chi connectivity index (χ0) is 14.7. The molecule has 0 fully saturated rings. The van der Waals surface area contributed by atoms with Crippen molar-refractivity contribution in [1.82, 2.24) is 9.97 Å². The molecule has 0 spiro atoms. The van der Waals surface area contributed by atoms with Gasteiger partial charge in [-0.3, -0.25) is 0 Å². The Balaban J connectivity index is 2.39. The van der Waals surface area contributed by atoms with Gasteiger partial charge in [0.25, 0.3) is 0 Å². The molecule has 0 unspecified atom stereocenters. The summed E-state index contributed by atoms with van der Waals surface area (Å²) < 4.78 is 5.95. The lowest BCUT2D eigenvalue weighted by atomic mass is 10.1. The van der Waals surface area contributed by atoms with Gasteiger partial charge in [0.2, 0.25) is 5.88 Å². The van der Waals surface area contributed by atoms with Crippen LogP contribution in [-0.2, 0) is 6.42 Å². The van der Waals surface area contributed by atoms with Gasteiger partial charge in [-0.15, -0.1) is 0 Å². The van der Waals surface area contributed by atoms with Crippen LogP contribution in [0.15, 0.2) is 18.2 Å². The van der Waals surface area contributed by atoms with Crippen molar-refractivity contribution in [2.24, 2.45) is 0 Å². The smallest absolute Gasteiger partial charge is 0.227 e. The van der Waals surface area contributed by atoms with E-state index in [2.05, 4.69) is 29.9 Å². The molecule has 20 heavy (non-hydrogen) atoms. The number of aromatic nitrogens is 2. The molecular formula is C16H19ClN2O. The molecule has 0 aliphatic rings. The number of hydrogen-bond donors (Lipinski definition) is 0. The Bertz CT molecular complexity index is 626. The van der Waals surface area contributed by atoms with Crippen molar-refractivity contribution in [3.8, 4) is 11.6 Å². The number of benzene rings is 1. The minimum Gasteiger partial charge on any atom is -0.438 e. The van der Waals surface area contributed by atoms with Crippen LogP contribution >= 0.6 is 11.6 Å². The van der Waals surface area contributed by atoms with Crippen LogP contribution in [0.1, 0.15) is 35.9 Å². The second-order valence-corrected chi connectivity index (χ2v) is 5.27. The van der Waals surface area contributed by atoms with Crippen LogP contribution in [0.25, 0.3) is 0 Å². The van der Waals surface area contributed by atoms with Crippen LogP contribution < -0.4 is 4.74 Å². The molecule has 4 heteroatoms. The highest BCUT2D eigenvalue weighted by Crippen LogP contribution is 2.30. The first-order chi connectivity index (χ1) is 9.52. The summed E-state index contributed by atoms with van der Waals surface area (Å²) in [6.07, 6.45) is 1.77. The molecule has 0 N–H and O–H groups in total. The molecule has 0 radical (unpaired) electrons. The number of rotatable bonds is 4. The van der Waals surface area contributed by atoms with E-state index in [-0.39, 0.29) is 0 Å². The monoisotopic (exact) mass is 290 g/mol. The highest BCUT2D eigenvalue weighted by molar-refractivity contribution is 6.30. The number of aryl methyl sites for hydroxylation is 2. The van der Waals surface area contributed by atoms with Gasteiger partial charge in [-0.25, -0.2) is 4.98 Å². The van der Waals surface area contributed by atoms with Crippen molar-refractivity contribution in [3.63, 3.8) is 0 Å². The van der Waals surface area contributed by atoms with E-state index in [4.69, 9.17) is 16.3 Å². The lowest BCUT2D eigenvalue weighted by molar-refractivity contribution is 0.450. The van der Waals surface area contributed by atoms with Gasteiger partial charge in [0.15, 0.2) is 0 Å². The molecule has 1 aromatic carbocycles. The number of ether oxygens (including phenoxy) is 1. The SMILES string of the molecule is CCCc1nc(Cl)c(C)c(Oc2cccc(C)c2C)n1. The molecule has 2 rings (SSSR count). The van der Waals surface area contributed by atoms with Crippen LogP contribution in [0.4, 0.5) is 0 Å². The van der Waals surface area contributed by atoms with E-state index in [0.29, 0.717) is 11.0 Å². The Morgan fingerprint density at radius 1 is 1.10 bits per heavy atom. The molecule has 3 nitrogen and oxygen atoms in total. The van der Waals surface area contributed by atoms with Gasteiger partial charge in [0, 0.05) is 12.0 Å². The van der Waals surface area contributed by atoms with Crippen LogP contribution in [0, 0.1) is 20.8 Å². The minimum absolute atomic E-state index is 0.462. The van der Waals surface area contributed by atoms with E-state index in [1.54, 1.807) is 0 Å². The Labute approximate surface area is 125 Å². The van der Waals surface area contributed by atoms with Gasteiger partial charge >= 0.3 is 0 Å². The third-order valence-corrected chi connectivity index (χ3v) is 3.69. The first-order valence-electron chi connectivity index (χ1n) is 6.80.